The molecule has 2 fully saturated rings. The largest absolute Gasteiger partial charge is 0.489 e. The Hall–Kier alpha value is -5.81. The molecule has 3 aromatic heterocycles. The number of aryl methyl sites for hydroxylation is 1. The molecule has 3 aliphatic rings. The molecular weight excluding hydrogens is 725 g/mol. The van der Waals surface area contributed by atoms with Crippen molar-refractivity contribution in [3.8, 4) is 16.9 Å². The molecule has 286 valence electrons. The van der Waals surface area contributed by atoms with E-state index in [0.717, 1.165) is 60.3 Å². The smallest absolute Gasteiger partial charge is 0.255 e. The maximum atomic E-state index is 13.3. The lowest BCUT2D eigenvalue weighted by Crippen LogP contribution is -2.52. The SMILES string of the molecule is CCOc1c(-c2cn[nH]c2)ccn2nc(Nc3ccc(S(=O)(=O)NCCC4CCN(c5ccc6c(c5)CN(C5CCC(=O)NC5=O)C6=O)CC4)cc3C)nc12. The van der Waals surface area contributed by atoms with E-state index < -0.39 is 22.0 Å². The van der Waals surface area contributed by atoms with E-state index in [1.165, 1.54) is 0 Å². The molecule has 1 atom stereocenters. The van der Waals surface area contributed by atoms with Gasteiger partial charge in [0.25, 0.3) is 5.91 Å². The summed E-state index contributed by atoms with van der Waals surface area (Å²) in [6.45, 7) is 6.48. The lowest BCUT2D eigenvalue weighted by molar-refractivity contribution is -0.136. The van der Waals surface area contributed by atoms with Crippen LogP contribution < -0.4 is 25.0 Å². The Morgan fingerprint density at radius 2 is 1.85 bits per heavy atom. The van der Waals surface area contributed by atoms with Crippen LogP contribution in [-0.2, 0) is 26.2 Å². The molecule has 3 amide bonds. The Labute approximate surface area is 317 Å². The topological polar surface area (TPSA) is 196 Å². The third kappa shape index (κ3) is 7.24. The van der Waals surface area contributed by atoms with E-state index in [1.54, 1.807) is 46.2 Å². The summed E-state index contributed by atoms with van der Waals surface area (Å²) < 4.78 is 37.0. The van der Waals surface area contributed by atoms with Crippen LogP contribution in [0.5, 0.6) is 5.75 Å². The number of anilines is 3. The van der Waals surface area contributed by atoms with Crippen molar-refractivity contribution >= 4 is 50.7 Å². The summed E-state index contributed by atoms with van der Waals surface area (Å²) in [6, 6.07) is 12.0. The van der Waals surface area contributed by atoms with Crippen LogP contribution >= 0.6 is 0 Å². The second kappa shape index (κ2) is 14.8. The van der Waals surface area contributed by atoms with Crippen molar-refractivity contribution in [2.75, 3.05) is 36.5 Å². The molecule has 0 spiro atoms. The Morgan fingerprint density at radius 3 is 2.60 bits per heavy atom. The van der Waals surface area contributed by atoms with Gasteiger partial charge in [0, 0.05) is 73.1 Å². The number of fused-ring (bicyclic) bond motifs is 2. The molecule has 4 N–H and O–H groups in total. The number of ether oxygens (including phenoxy) is 1. The van der Waals surface area contributed by atoms with E-state index >= 15 is 0 Å². The van der Waals surface area contributed by atoms with E-state index in [2.05, 4.69) is 40.5 Å². The monoisotopic (exact) mass is 766 g/mol. The molecule has 17 heteroatoms. The molecule has 0 radical (unpaired) electrons. The number of imide groups is 1. The third-order valence-corrected chi connectivity index (χ3v) is 12.1. The highest BCUT2D eigenvalue weighted by molar-refractivity contribution is 7.89. The number of rotatable bonds is 12. The fourth-order valence-corrected chi connectivity index (χ4v) is 8.80. The number of pyridine rings is 1. The maximum absolute atomic E-state index is 13.3. The molecule has 1 unspecified atom stereocenters. The van der Waals surface area contributed by atoms with Crippen molar-refractivity contribution < 1.29 is 27.5 Å². The molecule has 5 aromatic rings. The first-order chi connectivity index (χ1) is 26.6. The lowest BCUT2D eigenvalue weighted by atomic mass is 9.93. The Balaban J connectivity index is 0.840. The Morgan fingerprint density at radius 1 is 1.02 bits per heavy atom. The first-order valence-corrected chi connectivity index (χ1v) is 20.0. The van der Waals surface area contributed by atoms with E-state index in [9.17, 15) is 22.8 Å². The Kier molecular flexibility index (Phi) is 9.73. The molecule has 0 bridgehead atoms. The number of nitrogens with one attached hydrogen (secondary N) is 4. The molecule has 0 aliphatic carbocycles. The minimum Gasteiger partial charge on any atom is -0.489 e. The normalized spacial score (nSPS) is 17.9. The summed E-state index contributed by atoms with van der Waals surface area (Å²) >= 11 is 0. The molecule has 8 rings (SSSR count). The van der Waals surface area contributed by atoms with Gasteiger partial charge < -0.3 is 19.9 Å². The molecular formula is C38H42N10O6S. The quantitative estimate of drug-likeness (QED) is 0.134. The number of nitrogens with zero attached hydrogens (tertiary/aromatic N) is 6. The van der Waals surface area contributed by atoms with Gasteiger partial charge in [0.05, 0.1) is 17.7 Å². The van der Waals surface area contributed by atoms with Crippen molar-refractivity contribution in [3.63, 3.8) is 0 Å². The second-order valence-corrected chi connectivity index (χ2v) is 15.9. The molecule has 2 aromatic carbocycles. The van der Waals surface area contributed by atoms with E-state index in [1.807, 2.05) is 38.1 Å². The number of carbonyl (C=O) groups excluding carboxylic acids is 3. The van der Waals surface area contributed by atoms with Crippen molar-refractivity contribution in [2.24, 2.45) is 5.92 Å². The predicted molar refractivity (Wildman–Crippen MR) is 203 cm³/mol. The van der Waals surface area contributed by atoms with Gasteiger partial charge in [0.15, 0.2) is 11.4 Å². The van der Waals surface area contributed by atoms with Crippen LogP contribution in [-0.4, -0.2) is 88.1 Å². The highest BCUT2D eigenvalue weighted by Gasteiger charge is 2.39. The van der Waals surface area contributed by atoms with E-state index in [0.29, 0.717) is 60.6 Å². The number of hydrogen-bond donors (Lipinski definition) is 4. The van der Waals surface area contributed by atoms with E-state index in [4.69, 9.17) is 4.74 Å². The van der Waals surface area contributed by atoms with Gasteiger partial charge in [0.1, 0.15) is 6.04 Å². The number of H-pyrrole nitrogens is 1. The van der Waals surface area contributed by atoms with Crippen molar-refractivity contribution in [1.82, 2.24) is 39.7 Å². The summed E-state index contributed by atoms with van der Waals surface area (Å²) in [5.74, 6) is 0.388. The fraction of sp³-hybridized carbons (Fsp3) is 0.368. The summed E-state index contributed by atoms with van der Waals surface area (Å²) in [4.78, 5) is 45.8. The number of carbonyl (C=O) groups is 3. The number of aromatic nitrogens is 5. The Bertz CT molecular complexity index is 2390. The zero-order valence-electron chi connectivity index (χ0n) is 30.5. The molecule has 55 heavy (non-hydrogen) atoms. The number of hydrogen-bond acceptors (Lipinski definition) is 11. The third-order valence-electron chi connectivity index (χ3n) is 10.6. The van der Waals surface area contributed by atoms with Crippen molar-refractivity contribution in [1.29, 1.82) is 0 Å². The number of sulfonamides is 1. The van der Waals surface area contributed by atoms with Gasteiger partial charge in [-0.1, -0.05) is 0 Å². The van der Waals surface area contributed by atoms with Crippen LogP contribution in [0.1, 0.15) is 60.5 Å². The predicted octanol–water partition coefficient (Wildman–Crippen LogP) is 3.92. The van der Waals surface area contributed by atoms with Crippen LogP contribution in [0.3, 0.4) is 0 Å². The summed E-state index contributed by atoms with van der Waals surface area (Å²) in [5.41, 5.74) is 6.14. The summed E-state index contributed by atoms with van der Waals surface area (Å²) in [7, 11) is -3.74. The van der Waals surface area contributed by atoms with Gasteiger partial charge in [-0.05, 0) is 99.0 Å². The average Bonchev–Trinajstić information content (AvgIpc) is 3.92. The number of aromatic amines is 1. The van der Waals surface area contributed by atoms with Gasteiger partial charge in [-0.2, -0.15) is 10.1 Å². The molecule has 6 heterocycles. The highest BCUT2D eigenvalue weighted by Crippen LogP contribution is 2.35. The first kappa shape index (κ1) is 36.2. The van der Waals surface area contributed by atoms with E-state index in [-0.39, 0.29) is 23.1 Å². The van der Waals surface area contributed by atoms with Gasteiger partial charge in [0.2, 0.25) is 27.8 Å². The minimum absolute atomic E-state index is 0.182. The second-order valence-electron chi connectivity index (χ2n) is 14.1. The van der Waals surface area contributed by atoms with Crippen molar-refractivity contribution in [2.45, 2.75) is 63.4 Å². The van der Waals surface area contributed by atoms with Gasteiger partial charge in [-0.25, -0.2) is 17.7 Å². The van der Waals surface area contributed by atoms with Crippen LogP contribution in [0.4, 0.5) is 17.3 Å². The zero-order valence-corrected chi connectivity index (χ0v) is 31.4. The number of amides is 3. The van der Waals surface area contributed by atoms with Gasteiger partial charge in [-0.15, -0.1) is 5.10 Å². The molecule has 2 saturated heterocycles. The standard InChI is InChI=1S/C38H42N10O6S/c1-3-54-34-29(26-20-39-40-21-26)13-17-48-35(34)44-38(45-48)42-31-7-5-28(18-23(31)2)55(52,53)41-14-10-24-11-15-46(16-12-24)27-4-6-30-25(19-27)22-47(37(30)51)32-8-9-33(49)43-36(32)50/h4-7,13,17-21,24,32,41H,3,8-12,14-16,22H2,1-2H3,(H,39,40)(H,42,45)(H,43,49,50). The van der Waals surface area contributed by atoms with Crippen molar-refractivity contribution in [3.05, 3.63) is 77.7 Å². The van der Waals surface area contributed by atoms with Crippen LogP contribution in [0.15, 0.2) is 66.0 Å². The average molecular weight is 767 g/mol. The fourth-order valence-electron chi connectivity index (χ4n) is 7.67. The van der Waals surface area contributed by atoms with Crippen LogP contribution in [0.25, 0.3) is 16.8 Å². The molecule has 16 nitrogen and oxygen atoms in total. The van der Waals surface area contributed by atoms with Crippen LogP contribution in [0.2, 0.25) is 0 Å². The first-order valence-electron chi connectivity index (χ1n) is 18.5. The summed E-state index contributed by atoms with van der Waals surface area (Å²) in [6.07, 6.45) is 8.39. The zero-order chi connectivity index (χ0) is 38.3. The number of benzene rings is 2. The van der Waals surface area contributed by atoms with Gasteiger partial charge >= 0.3 is 0 Å². The molecule has 3 aliphatic heterocycles. The maximum Gasteiger partial charge on any atom is 0.255 e. The number of piperidine rings is 2. The molecule has 0 saturated carbocycles. The minimum atomic E-state index is -3.74. The van der Waals surface area contributed by atoms with Gasteiger partial charge in [-0.3, -0.25) is 24.8 Å². The summed E-state index contributed by atoms with van der Waals surface area (Å²) in [5, 5.41) is 17.0. The lowest BCUT2D eigenvalue weighted by Gasteiger charge is -2.34. The van der Waals surface area contributed by atoms with Crippen LogP contribution in [0, 0.1) is 12.8 Å². The highest BCUT2D eigenvalue weighted by atomic mass is 32.2.